The summed E-state index contributed by atoms with van der Waals surface area (Å²) < 4.78 is 0. The third-order valence-electron chi connectivity index (χ3n) is 4.48. The van der Waals surface area contributed by atoms with Crippen LogP contribution in [0.25, 0.3) is 0 Å². The van der Waals surface area contributed by atoms with Gasteiger partial charge in [-0.25, -0.2) is 0 Å². The number of hydrogen-bond acceptors (Lipinski definition) is 2. The van der Waals surface area contributed by atoms with Crippen LogP contribution in [-0.2, 0) is 4.79 Å². The predicted octanol–water partition coefficient (Wildman–Crippen LogP) is 5.72. The van der Waals surface area contributed by atoms with Gasteiger partial charge in [0, 0.05) is 0 Å². The maximum Gasteiger partial charge on any atom is 0.306 e. The Hall–Kier alpha value is -0.830. The second-order valence-corrected chi connectivity index (χ2v) is 6.65. The van der Waals surface area contributed by atoms with Gasteiger partial charge in [0.2, 0.25) is 0 Å². The van der Waals surface area contributed by atoms with Crippen LogP contribution in [0.1, 0.15) is 97.3 Å². The second kappa shape index (κ2) is 16.0. The van der Waals surface area contributed by atoms with Crippen molar-refractivity contribution >= 4 is 5.97 Å². The topological polar surface area (TPSA) is 57.5 Å². The maximum absolute atomic E-state index is 10.9. The molecule has 2 atom stereocenters. The molecule has 1 unspecified atom stereocenters. The number of aliphatic carboxylic acids is 1. The molecule has 3 heteroatoms. The fourth-order valence-electron chi connectivity index (χ4n) is 2.80. The molecule has 0 aromatic rings. The van der Waals surface area contributed by atoms with Crippen molar-refractivity contribution in [3.8, 4) is 0 Å². The number of aliphatic hydroxyl groups is 1. The van der Waals surface area contributed by atoms with Crippen molar-refractivity contribution in [3.63, 3.8) is 0 Å². The monoisotopic (exact) mass is 326 g/mol. The first-order valence-corrected chi connectivity index (χ1v) is 9.67. The van der Waals surface area contributed by atoms with E-state index in [-0.39, 0.29) is 12.0 Å². The zero-order valence-electron chi connectivity index (χ0n) is 15.3. The Bertz CT molecular complexity index is 299. The molecule has 0 radical (unpaired) electrons. The summed E-state index contributed by atoms with van der Waals surface area (Å²) in [6, 6.07) is 0. The molecule has 0 aliphatic rings. The standard InChI is InChI=1S/C20H38O3/c1-3-5-6-13-16-19(21)17-14-11-9-7-8-10-12-15-18(4-2)20(22)23/h11,14,18-19,21H,3-10,12-13,15-17H2,1-2H3,(H,22,23)/b14-11-/t18?,19-/m1/s1. The van der Waals surface area contributed by atoms with Crippen molar-refractivity contribution < 1.29 is 15.0 Å². The van der Waals surface area contributed by atoms with Gasteiger partial charge in [-0.2, -0.15) is 0 Å². The Morgan fingerprint density at radius 2 is 1.57 bits per heavy atom. The quantitative estimate of drug-likeness (QED) is 0.282. The summed E-state index contributed by atoms with van der Waals surface area (Å²) in [5, 5.41) is 18.8. The van der Waals surface area contributed by atoms with Crippen molar-refractivity contribution in [2.75, 3.05) is 0 Å². The Kier molecular flexibility index (Phi) is 15.5. The molecule has 0 aromatic heterocycles. The minimum absolute atomic E-state index is 0.159. The van der Waals surface area contributed by atoms with E-state index in [1.807, 2.05) is 6.92 Å². The van der Waals surface area contributed by atoms with E-state index >= 15 is 0 Å². The van der Waals surface area contributed by atoms with Crippen LogP contribution in [0.2, 0.25) is 0 Å². The summed E-state index contributed by atoms with van der Waals surface area (Å²) in [6.07, 6.45) is 17.8. The molecule has 0 rings (SSSR count). The zero-order valence-corrected chi connectivity index (χ0v) is 15.3. The van der Waals surface area contributed by atoms with E-state index in [1.54, 1.807) is 0 Å². The summed E-state index contributed by atoms with van der Waals surface area (Å²) >= 11 is 0. The summed E-state index contributed by atoms with van der Waals surface area (Å²) in [7, 11) is 0. The van der Waals surface area contributed by atoms with Gasteiger partial charge in [0.05, 0.1) is 12.0 Å². The van der Waals surface area contributed by atoms with Crippen LogP contribution >= 0.6 is 0 Å². The number of allylic oxidation sites excluding steroid dienone is 1. The first-order valence-electron chi connectivity index (χ1n) is 9.67. The van der Waals surface area contributed by atoms with E-state index in [0.717, 1.165) is 57.8 Å². The number of carboxylic acids is 1. The summed E-state index contributed by atoms with van der Waals surface area (Å²) in [5.74, 6) is -0.808. The smallest absolute Gasteiger partial charge is 0.306 e. The molecule has 136 valence electrons. The lowest BCUT2D eigenvalue weighted by atomic mass is 9.98. The summed E-state index contributed by atoms with van der Waals surface area (Å²) in [6.45, 7) is 4.15. The van der Waals surface area contributed by atoms with Crippen molar-refractivity contribution in [2.45, 2.75) is 103 Å². The zero-order chi connectivity index (χ0) is 17.3. The van der Waals surface area contributed by atoms with E-state index in [4.69, 9.17) is 5.11 Å². The lowest BCUT2D eigenvalue weighted by Gasteiger charge is -2.08. The van der Waals surface area contributed by atoms with Crippen LogP contribution in [0.4, 0.5) is 0 Å². The van der Waals surface area contributed by atoms with Crippen molar-refractivity contribution in [2.24, 2.45) is 5.92 Å². The van der Waals surface area contributed by atoms with Crippen molar-refractivity contribution in [1.29, 1.82) is 0 Å². The normalized spacial score (nSPS) is 14.2. The predicted molar refractivity (Wildman–Crippen MR) is 97.6 cm³/mol. The van der Waals surface area contributed by atoms with Crippen LogP contribution in [-0.4, -0.2) is 22.3 Å². The molecule has 0 saturated carbocycles. The van der Waals surface area contributed by atoms with Crippen LogP contribution in [0, 0.1) is 5.92 Å². The molecular formula is C20H38O3. The third kappa shape index (κ3) is 14.5. The molecule has 0 aromatic carbocycles. The van der Waals surface area contributed by atoms with E-state index in [1.165, 1.54) is 25.7 Å². The van der Waals surface area contributed by atoms with Crippen LogP contribution in [0.15, 0.2) is 12.2 Å². The number of aliphatic hydroxyl groups excluding tert-OH is 1. The highest BCUT2D eigenvalue weighted by Crippen LogP contribution is 2.15. The Labute approximate surface area is 143 Å². The number of rotatable bonds is 16. The molecule has 0 aliphatic carbocycles. The van der Waals surface area contributed by atoms with Crippen LogP contribution < -0.4 is 0 Å². The van der Waals surface area contributed by atoms with Gasteiger partial charge in [0.25, 0.3) is 0 Å². The van der Waals surface area contributed by atoms with Gasteiger partial charge in [0.1, 0.15) is 0 Å². The number of carboxylic acid groups (broad SMARTS) is 1. The summed E-state index contributed by atoms with van der Waals surface area (Å²) in [4.78, 5) is 10.9. The minimum Gasteiger partial charge on any atom is -0.481 e. The van der Waals surface area contributed by atoms with E-state index in [9.17, 15) is 9.90 Å². The molecule has 23 heavy (non-hydrogen) atoms. The SMILES string of the molecule is CCCCCC[C@@H](O)C/C=C\CCCCCCC(CC)C(=O)O. The molecule has 0 amide bonds. The van der Waals surface area contributed by atoms with Crippen LogP contribution in [0.5, 0.6) is 0 Å². The van der Waals surface area contributed by atoms with Gasteiger partial charge in [-0.05, 0) is 38.5 Å². The van der Waals surface area contributed by atoms with Gasteiger partial charge in [0.15, 0.2) is 0 Å². The lowest BCUT2D eigenvalue weighted by molar-refractivity contribution is -0.142. The first-order chi connectivity index (χ1) is 11.1. The molecule has 2 N–H and O–H groups in total. The highest BCUT2D eigenvalue weighted by Gasteiger charge is 2.13. The summed E-state index contributed by atoms with van der Waals surface area (Å²) in [5.41, 5.74) is 0. The Morgan fingerprint density at radius 1 is 0.913 bits per heavy atom. The molecule has 0 spiro atoms. The van der Waals surface area contributed by atoms with Gasteiger partial charge < -0.3 is 10.2 Å². The number of unbranched alkanes of at least 4 members (excludes halogenated alkanes) is 7. The average molecular weight is 327 g/mol. The Balaban J connectivity index is 3.41. The fraction of sp³-hybridized carbons (Fsp3) is 0.850. The number of carbonyl (C=O) groups is 1. The minimum atomic E-state index is -0.649. The lowest BCUT2D eigenvalue weighted by Crippen LogP contribution is -2.12. The fourth-order valence-corrected chi connectivity index (χ4v) is 2.80. The molecule has 3 nitrogen and oxygen atoms in total. The molecule has 0 aliphatic heterocycles. The largest absolute Gasteiger partial charge is 0.481 e. The van der Waals surface area contributed by atoms with E-state index in [0.29, 0.717) is 0 Å². The van der Waals surface area contributed by atoms with Gasteiger partial charge >= 0.3 is 5.97 Å². The van der Waals surface area contributed by atoms with E-state index < -0.39 is 5.97 Å². The van der Waals surface area contributed by atoms with E-state index in [2.05, 4.69) is 19.1 Å². The molecule has 0 bridgehead atoms. The first kappa shape index (κ1) is 22.2. The third-order valence-corrected chi connectivity index (χ3v) is 4.48. The maximum atomic E-state index is 10.9. The molecule has 0 fully saturated rings. The van der Waals surface area contributed by atoms with Gasteiger partial charge in [-0.1, -0.05) is 70.9 Å². The number of hydrogen-bond donors (Lipinski definition) is 2. The highest BCUT2D eigenvalue weighted by atomic mass is 16.4. The Morgan fingerprint density at radius 3 is 2.22 bits per heavy atom. The van der Waals surface area contributed by atoms with Crippen LogP contribution in [0.3, 0.4) is 0 Å². The van der Waals surface area contributed by atoms with Crippen molar-refractivity contribution in [3.05, 3.63) is 12.2 Å². The highest BCUT2D eigenvalue weighted by molar-refractivity contribution is 5.69. The second-order valence-electron chi connectivity index (χ2n) is 6.65. The molecule has 0 heterocycles. The molecular weight excluding hydrogens is 288 g/mol. The molecule has 0 saturated heterocycles. The van der Waals surface area contributed by atoms with Crippen molar-refractivity contribution in [1.82, 2.24) is 0 Å². The average Bonchev–Trinajstić information content (AvgIpc) is 2.53. The van der Waals surface area contributed by atoms with Gasteiger partial charge in [-0.3, -0.25) is 4.79 Å². The van der Waals surface area contributed by atoms with Gasteiger partial charge in [-0.15, -0.1) is 0 Å².